The highest BCUT2D eigenvalue weighted by Crippen LogP contribution is 2.68. The summed E-state index contributed by atoms with van der Waals surface area (Å²) in [7, 11) is 0. The van der Waals surface area contributed by atoms with Crippen LogP contribution in [-0.4, -0.2) is 48.1 Å². The molecular weight excluding hydrogens is 584 g/mol. The van der Waals surface area contributed by atoms with Crippen LogP contribution in [0, 0.1) is 35.0 Å². The number of hydrogen-bond acceptors (Lipinski definition) is 10. The number of rotatable bonds is 6. The second kappa shape index (κ2) is 10.5. The molecule has 12 nitrogen and oxygen atoms in total. The molecular formula is C33H30N2O10. The molecule has 0 radical (unpaired) electrons. The fourth-order valence-corrected chi connectivity index (χ4v) is 7.98. The maximum absolute atomic E-state index is 14.3. The monoisotopic (exact) mass is 614 g/mol. The number of carbonyl (C=O) groups is 7. The smallest absolute Gasteiger partial charge is 0.334 e. The number of allylic oxidation sites excluding steroid dienone is 1. The molecule has 7 rings (SSSR count). The van der Waals surface area contributed by atoms with E-state index in [1.807, 2.05) is 0 Å². The van der Waals surface area contributed by atoms with Crippen molar-refractivity contribution in [3.05, 3.63) is 59.7 Å². The average Bonchev–Trinajstić information content (AvgIpc) is 3.39. The minimum absolute atomic E-state index is 0.0416. The molecule has 3 fully saturated rings. The van der Waals surface area contributed by atoms with Gasteiger partial charge in [-0.2, -0.15) is 0 Å². The van der Waals surface area contributed by atoms with Gasteiger partial charge < -0.3 is 14.2 Å². The van der Waals surface area contributed by atoms with Crippen molar-refractivity contribution in [2.45, 2.75) is 34.6 Å². The van der Waals surface area contributed by atoms with Gasteiger partial charge in [0.1, 0.15) is 11.5 Å². The molecule has 12 heteroatoms. The van der Waals surface area contributed by atoms with Crippen molar-refractivity contribution < 1.29 is 47.8 Å². The first-order valence-corrected chi connectivity index (χ1v) is 14.5. The molecule has 0 spiro atoms. The molecule has 5 aliphatic rings. The van der Waals surface area contributed by atoms with E-state index in [0.29, 0.717) is 5.57 Å². The topological polar surface area (TPSA) is 154 Å². The van der Waals surface area contributed by atoms with E-state index >= 15 is 0 Å². The molecule has 0 aromatic heterocycles. The van der Waals surface area contributed by atoms with Crippen LogP contribution in [0.4, 0.5) is 11.4 Å². The number of ether oxygens (including phenoxy) is 3. The molecule has 1 saturated carbocycles. The van der Waals surface area contributed by atoms with Crippen molar-refractivity contribution in [1.29, 1.82) is 0 Å². The maximum atomic E-state index is 14.3. The van der Waals surface area contributed by atoms with E-state index in [-0.39, 0.29) is 35.1 Å². The Morgan fingerprint density at radius 3 is 1.44 bits per heavy atom. The van der Waals surface area contributed by atoms with Crippen molar-refractivity contribution in [1.82, 2.24) is 0 Å². The van der Waals surface area contributed by atoms with Gasteiger partial charge in [-0.15, -0.1) is 0 Å². The Bertz CT molecular complexity index is 1620. The van der Waals surface area contributed by atoms with Crippen LogP contribution in [-0.2, 0) is 38.3 Å². The summed E-state index contributed by atoms with van der Waals surface area (Å²) in [6.45, 7) is 7.43. The van der Waals surface area contributed by atoms with Gasteiger partial charge in [-0.3, -0.25) is 38.6 Å². The lowest BCUT2D eigenvalue weighted by atomic mass is 9.43. The standard InChI is InChI=1S/C33H30N2O10/c1-6-43-32(42)25-15(2)22-23-26(30(40)34(28(23)38)18-7-11-20(12-8-18)44-16(3)36)33(25,5)27-24(22)29(39)35(31(27)41)19-9-13-21(14-10-19)45-17(4)37/h7-14,22-24,26-27H,6H2,1-5H3. The van der Waals surface area contributed by atoms with Gasteiger partial charge in [-0.25, -0.2) is 4.79 Å². The van der Waals surface area contributed by atoms with Crippen molar-refractivity contribution in [2.75, 3.05) is 16.4 Å². The summed E-state index contributed by atoms with van der Waals surface area (Å²) >= 11 is 0. The number of carbonyl (C=O) groups excluding carboxylic acids is 7. The predicted molar refractivity (Wildman–Crippen MR) is 155 cm³/mol. The lowest BCUT2D eigenvalue weighted by molar-refractivity contribution is -0.155. The number of anilines is 2. The zero-order valence-electron chi connectivity index (χ0n) is 25.2. The number of imide groups is 2. The zero-order chi connectivity index (χ0) is 32.5. The SMILES string of the molecule is CCOC(=O)C1=C(C)C2C3C(=O)N(c4ccc(OC(C)=O)cc4)C(=O)C3C1(C)C1C(=O)N(c3ccc(OC(C)=O)cc3)C(=O)C21. The Hall–Kier alpha value is -5.13. The van der Waals surface area contributed by atoms with E-state index in [1.54, 1.807) is 20.8 Å². The van der Waals surface area contributed by atoms with Crippen LogP contribution in [0.25, 0.3) is 0 Å². The van der Waals surface area contributed by atoms with E-state index in [2.05, 4.69) is 0 Å². The van der Waals surface area contributed by atoms with Crippen LogP contribution >= 0.6 is 0 Å². The number of amides is 4. The highest BCUT2D eigenvalue weighted by Gasteiger charge is 2.77. The summed E-state index contributed by atoms with van der Waals surface area (Å²) in [6, 6.07) is 11.7. The molecule has 4 unspecified atom stereocenters. The summed E-state index contributed by atoms with van der Waals surface area (Å²) in [4.78, 5) is 95.2. The van der Waals surface area contributed by atoms with Gasteiger partial charge in [0, 0.05) is 30.8 Å². The summed E-state index contributed by atoms with van der Waals surface area (Å²) in [5.74, 6) is -8.83. The van der Waals surface area contributed by atoms with Gasteiger partial charge in [-0.05, 0) is 62.4 Å². The van der Waals surface area contributed by atoms with Crippen molar-refractivity contribution in [3.8, 4) is 11.5 Å². The second-order valence-electron chi connectivity index (χ2n) is 11.8. The van der Waals surface area contributed by atoms with E-state index in [9.17, 15) is 33.6 Å². The van der Waals surface area contributed by atoms with Crippen LogP contribution in [0.2, 0.25) is 0 Å². The van der Waals surface area contributed by atoms with Gasteiger partial charge in [0.15, 0.2) is 0 Å². The van der Waals surface area contributed by atoms with Gasteiger partial charge in [0.25, 0.3) is 0 Å². The summed E-state index contributed by atoms with van der Waals surface area (Å²) < 4.78 is 15.6. The minimum Gasteiger partial charge on any atom is -0.463 e. The van der Waals surface area contributed by atoms with Gasteiger partial charge in [0.2, 0.25) is 23.6 Å². The summed E-state index contributed by atoms with van der Waals surface area (Å²) in [6.07, 6.45) is 0. The van der Waals surface area contributed by atoms with Gasteiger partial charge in [-0.1, -0.05) is 12.5 Å². The fourth-order valence-electron chi connectivity index (χ4n) is 7.98. The third-order valence-corrected chi connectivity index (χ3v) is 9.39. The molecule has 4 amide bonds. The van der Waals surface area contributed by atoms with Crippen LogP contribution in [0.1, 0.15) is 34.6 Å². The van der Waals surface area contributed by atoms with E-state index < -0.39 is 76.5 Å². The molecule has 2 aromatic rings. The zero-order valence-corrected chi connectivity index (χ0v) is 25.2. The van der Waals surface area contributed by atoms with Crippen LogP contribution in [0.3, 0.4) is 0 Å². The quantitative estimate of drug-likeness (QED) is 0.270. The largest absolute Gasteiger partial charge is 0.463 e. The van der Waals surface area contributed by atoms with Gasteiger partial charge >= 0.3 is 17.9 Å². The van der Waals surface area contributed by atoms with Crippen LogP contribution < -0.4 is 19.3 Å². The molecule has 2 bridgehead atoms. The lowest BCUT2D eigenvalue weighted by Gasteiger charge is -2.55. The van der Waals surface area contributed by atoms with E-state index in [0.717, 1.165) is 9.80 Å². The Kier molecular flexibility index (Phi) is 6.98. The number of nitrogens with zero attached hydrogens (tertiary/aromatic N) is 2. The normalized spacial score (nSPS) is 28.3. The van der Waals surface area contributed by atoms with Gasteiger partial charge in [0.05, 0.1) is 41.7 Å². The first kappa shape index (κ1) is 29.9. The lowest BCUT2D eigenvalue weighted by Crippen LogP contribution is -2.61. The predicted octanol–water partition coefficient (Wildman–Crippen LogP) is 2.98. The van der Waals surface area contributed by atoms with Crippen LogP contribution in [0.5, 0.6) is 11.5 Å². The third-order valence-electron chi connectivity index (χ3n) is 9.39. The number of hydrogen-bond donors (Lipinski definition) is 0. The summed E-state index contributed by atoms with van der Waals surface area (Å²) in [5.41, 5.74) is -0.520. The first-order chi connectivity index (χ1) is 21.3. The van der Waals surface area contributed by atoms with Crippen molar-refractivity contribution in [3.63, 3.8) is 0 Å². The van der Waals surface area contributed by atoms with Crippen molar-refractivity contribution >= 4 is 52.9 Å². The Labute approximate surface area is 257 Å². The van der Waals surface area contributed by atoms with Crippen molar-refractivity contribution in [2.24, 2.45) is 35.0 Å². The molecule has 2 aliphatic heterocycles. The average molecular weight is 615 g/mol. The second-order valence-corrected chi connectivity index (χ2v) is 11.8. The number of benzene rings is 2. The molecule has 232 valence electrons. The Morgan fingerprint density at radius 2 is 1.09 bits per heavy atom. The maximum Gasteiger partial charge on any atom is 0.334 e. The van der Waals surface area contributed by atoms with E-state index in [1.165, 1.54) is 62.4 Å². The molecule has 2 heterocycles. The van der Waals surface area contributed by atoms with E-state index in [4.69, 9.17) is 14.2 Å². The molecule has 2 saturated heterocycles. The molecule has 3 aliphatic carbocycles. The molecule has 2 aromatic carbocycles. The fraction of sp³-hybridized carbons (Fsp3) is 0.364. The molecule has 4 atom stereocenters. The minimum atomic E-state index is -1.56. The Balaban J connectivity index is 1.45. The molecule has 45 heavy (non-hydrogen) atoms. The van der Waals surface area contributed by atoms with Crippen LogP contribution in [0.15, 0.2) is 59.7 Å². The summed E-state index contributed by atoms with van der Waals surface area (Å²) in [5, 5.41) is 0. The highest BCUT2D eigenvalue weighted by atomic mass is 16.5. The first-order valence-electron chi connectivity index (χ1n) is 14.5. The highest BCUT2D eigenvalue weighted by molar-refractivity contribution is 6.27. The molecule has 0 N–H and O–H groups in total. The number of esters is 3. The Morgan fingerprint density at radius 1 is 0.689 bits per heavy atom. The third kappa shape index (κ3) is 4.22.